The summed E-state index contributed by atoms with van der Waals surface area (Å²) in [6.45, 7) is 2.32. The summed E-state index contributed by atoms with van der Waals surface area (Å²) >= 11 is 0. The second-order valence-electron chi connectivity index (χ2n) is 6.73. The lowest BCUT2D eigenvalue weighted by atomic mass is 10.1. The summed E-state index contributed by atoms with van der Waals surface area (Å²) in [4.78, 5) is 8.38. The van der Waals surface area contributed by atoms with E-state index in [0.717, 1.165) is 22.2 Å². The fourth-order valence-corrected chi connectivity index (χ4v) is 3.31. The topological polar surface area (TPSA) is 106 Å². The number of nitrogen functional groups attached to an aromatic ring is 1. The van der Waals surface area contributed by atoms with Crippen LogP contribution in [0.5, 0.6) is 0 Å². The predicted molar refractivity (Wildman–Crippen MR) is 116 cm³/mol. The molecule has 8 nitrogen and oxygen atoms in total. The third-order valence-corrected chi connectivity index (χ3v) is 4.64. The fourth-order valence-electron chi connectivity index (χ4n) is 3.31. The van der Waals surface area contributed by atoms with Gasteiger partial charge in [0.2, 0.25) is 0 Å². The van der Waals surface area contributed by atoms with E-state index in [0.29, 0.717) is 29.5 Å². The Morgan fingerprint density at radius 1 is 1.20 bits per heavy atom. The van der Waals surface area contributed by atoms with Gasteiger partial charge in [0.15, 0.2) is 0 Å². The monoisotopic (exact) mass is 404 g/mol. The molecular weight excluding hydrogens is 383 g/mol. The van der Waals surface area contributed by atoms with Crippen LogP contribution in [0.1, 0.15) is 18.1 Å². The molecule has 4 N–H and O–H groups in total. The number of benzene rings is 2. The van der Waals surface area contributed by atoms with Crippen LogP contribution < -0.4 is 16.5 Å². The zero-order valence-corrected chi connectivity index (χ0v) is 16.6. The second-order valence-corrected chi connectivity index (χ2v) is 6.73. The molecule has 0 spiro atoms. The average molecular weight is 404 g/mol. The van der Waals surface area contributed by atoms with Crippen LogP contribution in [0.2, 0.25) is 0 Å². The van der Waals surface area contributed by atoms with Crippen molar-refractivity contribution in [2.24, 2.45) is 5.10 Å². The number of hydrogen-bond donors (Lipinski definition) is 3. The van der Waals surface area contributed by atoms with Crippen molar-refractivity contribution in [1.82, 2.24) is 25.2 Å². The van der Waals surface area contributed by atoms with Crippen LogP contribution in [0.15, 0.2) is 60.1 Å². The Morgan fingerprint density at radius 2 is 2.07 bits per heavy atom. The Bertz CT molecular complexity index is 1230. The highest BCUT2D eigenvalue weighted by atomic mass is 19.1. The summed E-state index contributed by atoms with van der Waals surface area (Å²) < 4.78 is 15.3. The molecule has 9 heteroatoms. The van der Waals surface area contributed by atoms with Gasteiger partial charge in [0.1, 0.15) is 23.8 Å². The first-order valence-electron chi connectivity index (χ1n) is 9.34. The van der Waals surface area contributed by atoms with Crippen molar-refractivity contribution in [3.63, 3.8) is 0 Å². The first-order valence-corrected chi connectivity index (χ1v) is 9.34. The summed E-state index contributed by atoms with van der Waals surface area (Å²) in [6, 6.07) is 12.4. The minimum atomic E-state index is -0.257. The molecule has 2 aromatic carbocycles. The van der Waals surface area contributed by atoms with Crippen molar-refractivity contribution < 1.29 is 4.39 Å². The van der Waals surface area contributed by atoms with E-state index >= 15 is 0 Å². The number of hydrazone groups is 1. The van der Waals surface area contributed by atoms with E-state index in [-0.39, 0.29) is 5.82 Å². The minimum Gasteiger partial charge on any atom is -0.383 e. The Hall–Kier alpha value is -4.01. The number of anilines is 3. The lowest BCUT2D eigenvalue weighted by Gasteiger charge is -2.12. The molecule has 0 aliphatic rings. The molecular formula is C21H21FN8. The third-order valence-electron chi connectivity index (χ3n) is 4.64. The van der Waals surface area contributed by atoms with Gasteiger partial charge in [0.05, 0.1) is 29.5 Å². The number of rotatable bonds is 6. The number of halogens is 1. The maximum Gasteiger partial charge on any atom is 0.145 e. The molecule has 0 saturated carbocycles. The van der Waals surface area contributed by atoms with Crippen LogP contribution in [-0.2, 0) is 6.54 Å². The van der Waals surface area contributed by atoms with E-state index in [1.54, 1.807) is 19.3 Å². The second kappa shape index (κ2) is 8.16. The van der Waals surface area contributed by atoms with Gasteiger partial charge in [0, 0.05) is 18.1 Å². The molecule has 0 fully saturated rings. The maximum absolute atomic E-state index is 13.5. The van der Waals surface area contributed by atoms with Gasteiger partial charge in [-0.2, -0.15) is 10.2 Å². The summed E-state index contributed by atoms with van der Waals surface area (Å²) in [5, 5.41) is 12.9. The first-order chi connectivity index (χ1) is 14.5. The molecule has 4 rings (SSSR count). The average Bonchev–Trinajstić information content (AvgIpc) is 3.10. The van der Waals surface area contributed by atoms with Gasteiger partial charge in [0.25, 0.3) is 0 Å². The molecule has 0 aliphatic carbocycles. The molecule has 0 radical (unpaired) electrons. The van der Waals surface area contributed by atoms with E-state index in [4.69, 9.17) is 5.73 Å². The van der Waals surface area contributed by atoms with E-state index in [1.807, 2.05) is 35.9 Å². The van der Waals surface area contributed by atoms with Crippen molar-refractivity contribution >= 4 is 33.9 Å². The smallest absolute Gasteiger partial charge is 0.145 e. The zero-order chi connectivity index (χ0) is 21.1. The van der Waals surface area contributed by atoms with Crippen molar-refractivity contribution in [2.45, 2.75) is 13.5 Å². The molecule has 4 aromatic rings. The molecule has 2 heterocycles. The van der Waals surface area contributed by atoms with Crippen LogP contribution in [0, 0.1) is 5.82 Å². The van der Waals surface area contributed by atoms with Crippen LogP contribution in [0.3, 0.4) is 0 Å². The van der Waals surface area contributed by atoms with Crippen LogP contribution in [0.25, 0.3) is 10.9 Å². The van der Waals surface area contributed by atoms with Gasteiger partial charge < -0.3 is 16.5 Å². The van der Waals surface area contributed by atoms with Gasteiger partial charge in [-0.3, -0.25) is 4.68 Å². The highest BCUT2D eigenvalue weighted by molar-refractivity contribution is 6.06. The highest BCUT2D eigenvalue weighted by Crippen LogP contribution is 2.26. The van der Waals surface area contributed by atoms with Gasteiger partial charge in [-0.15, -0.1) is 0 Å². The molecule has 30 heavy (non-hydrogen) atoms. The zero-order valence-electron chi connectivity index (χ0n) is 16.6. The molecule has 0 aliphatic heterocycles. The summed E-state index contributed by atoms with van der Waals surface area (Å²) in [5.41, 5.74) is 12.7. The maximum atomic E-state index is 13.5. The molecule has 0 atom stereocenters. The van der Waals surface area contributed by atoms with E-state index in [2.05, 4.69) is 30.9 Å². The highest BCUT2D eigenvalue weighted by Gasteiger charge is 2.13. The van der Waals surface area contributed by atoms with Gasteiger partial charge in [-0.1, -0.05) is 12.1 Å². The lowest BCUT2D eigenvalue weighted by Crippen LogP contribution is -2.12. The molecule has 0 saturated heterocycles. The van der Waals surface area contributed by atoms with Gasteiger partial charge in [-0.25, -0.2) is 14.4 Å². The standard InChI is InChI=1S/C21H21FN8/c1-13(29-24-2)19-20(23)25-12-26-21(19)28-17-6-7-18-15(9-17)10-27-30(18)11-14-4-3-5-16(22)8-14/h3-10,12,24H,11H2,1-2H3,(H3,23,25,26,28). The number of aromatic nitrogens is 4. The summed E-state index contributed by atoms with van der Waals surface area (Å²) in [6.07, 6.45) is 3.19. The molecule has 152 valence electrons. The van der Waals surface area contributed by atoms with Crippen molar-refractivity contribution in [3.8, 4) is 0 Å². The summed E-state index contributed by atoms with van der Waals surface area (Å²) in [5.74, 6) is 0.644. The Labute approximate surface area is 172 Å². The minimum absolute atomic E-state index is 0.257. The van der Waals surface area contributed by atoms with Crippen molar-refractivity contribution in [1.29, 1.82) is 0 Å². The van der Waals surface area contributed by atoms with Crippen molar-refractivity contribution in [2.75, 3.05) is 18.1 Å². The van der Waals surface area contributed by atoms with Gasteiger partial charge in [-0.05, 0) is 42.8 Å². The number of fused-ring (bicyclic) bond motifs is 1. The first kappa shape index (κ1) is 19.3. The van der Waals surface area contributed by atoms with E-state index < -0.39 is 0 Å². The Kier molecular flexibility index (Phi) is 5.25. The van der Waals surface area contributed by atoms with Crippen LogP contribution in [-0.4, -0.2) is 32.5 Å². The van der Waals surface area contributed by atoms with Crippen LogP contribution >= 0.6 is 0 Å². The number of nitrogens with one attached hydrogen (secondary N) is 2. The summed E-state index contributed by atoms with van der Waals surface area (Å²) in [7, 11) is 1.71. The van der Waals surface area contributed by atoms with E-state index in [9.17, 15) is 4.39 Å². The number of nitrogens with zero attached hydrogens (tertiary/aromatic N) is 5. The SMILES string of the molecule is CNN=C(C)c1c(N)ncnc1Nc1ccc2c(cnn2Cc2cccc(F)c2)c1. The van der Waals surface area contributed by atoms with Crippen LogP contribution in [0.4, 0.5) is 21.7 Å². The quantitative estimate of drug-likeness (QED) is 0.336. The molecule has 0 unspecified atom stereocenters. The predicted octanol–water partition coefficient (Wildman–Crippen LogP) is 3.28. The van der Waals surface area contributed by atoms with Crippen molar-refractivity contribution in [3.05, 3.63) is 71.9 Å². The molecule has 2 aromatic heterocycles. The molecule has 0 amide bonds. The fraction of sp³-hybridized carbons (Fsp3) is 0.143. The van der Waals surface area contributed by atoms with E-state index in [1.165, 1.54) is 18.5 Å². The van der Waals surface area contributed by atoms with Gasteiger partial charge >= 0.3 is 0 Å². The largest absolute Gasteiger partial charge is 0.383 e. The lowest BCUT2D eigenvalue weighted by molar-refractivity contribution is 0.621. The Morgan fingerprint density at radius 3 is 2.87 bits per heavy atom. The third kappa shape index (κ3) is 3.90. The normalized spacial score (nSPS) is 11.6. The Balaban J connectivity index is 1.63. The number of nitrogens with two attached hydrogens (primary N) is 1. The number of hydrogen-bond acceptors (Lipinski definition) is 7. The molecule has 0 bridgehead atoms.